The molecule has 0 unspecified atom stereocenters. The first kappa shape index (κ1) is 15.5. The Morgan fingerprint density at radius 2 is 2.09 bits per heavy atom. The van der Waals surface area contributed by atoms with E-state index in [0.29, 0.717) is 23.7 Å². The van der Waals surface area contributed by atoms with Crippen LogP contribution in [0, 0.1) is 0 Å². The highest BCUT2D eigenvalue weighted by molar-refractivity contribution is 7.89. The van der Waals surface area contributed by atoms with Gasteiger partial charge in [0.1, 0.15) is 5.75 Å². The molecule has 22 heavy (non-hydrogen) atoms. The first-order valence-corrected chi connectivity index (χ1v) is 9.47. The van der Waals surface area contributed by atoms with Crippen molar-refractivity contribution in [2.75, 3.05) is 20.2 Å². The van der Waals surface area contributed by atoms with E-state index in [1.54, 1.807) is 53.2 Å². The van der Waals surface area contributed by atoms with Crippen LogP contribution in [0.25, 0.3) is 0 Å². The summed E-state index contributed by atoms with van der Waals surface area (Å²) in [6.07, 6.45) is 3.62. The molecule has 0 radical (unpaired) electrons. The van der Waals surface area contributed by atoms with Crippen LogP contribution < -0.4 is 4.74 Å². The molecule has 0 saturated carbocycles. The molecule has 1 aliphatic heterocycles. The number of piperidine rings is 1. The van der Waals surface area contributed by atoms with E-state index in [0.717, 1.165) is 17.8 Å². The fraction of sp³-hybridized carbons (Fsp3) is 0.400. The molecule has 1 aromatic carbocycles. The summed E-state index contributed by atoms with van der Waals surface area (Å²) in [5.41, 5.74) is 0. The van der Waals surface area contributed by atoms with Crippen LogP contribution in [0.3, 0.4) is 0 Å². The Kier molecular flexibility index (Phi) is 4.46. The average Bonchev–Trinajstić information content (AvgIpc) is 3.09. The molecule has 3 rings (SSSR count). The van der Waals surface area contributed by atoms with Gasteiger partial charge < -0.3 is 4.74 Å². The van der Waals surface area contributed by atoms with Gasteiger partial charge in [-0.2, -0.15) is 4.31 Å². The molecule has 5 nitrogen and oxygen atoms in total. The molecular weight excluding hydrogens is 320 g/mol. The van der Waals surface area contributed by atoms with Crippen molar-refractivity contribution >= 4 is 21.4 Å². The number of benzene rings is 1. The van der Waals surface area contributed by atoms with Crippen LogP contribution in [0.2, 0.25) is 0 Å². The fourth-order valence-corrected chi connectivity index (χ4v) is 4.99. The summed E-state index contributed by atoms with van der Waals surface area (Å²) < 4.78 is 32.2. The summed E-state index contributed by atoms with van der Waals surface area (Å²) in [7, 11) is -1.89. The largest absolute Gasteiger partial charge is 0.497 e. The number of rotatable bonds is 4. The number of hydrogen-bond donors (Lipinski definition) is 0. The Balaban J connectivity index is 1.81. The van der Waals surface area contributed by atoms with Crippen molar-refractivity contribution in [3.63, 3.8) is 0 Å². The van der Waals surface area contributed by atoms with Gasteiger partial charge in [-0.1, -0.05) is 0 Å². The molecule has 0 N–H and O–H groups in total. The third kappa shape index (κ3) is 3.02. The highest BCUT2D eigenvalue weighted by Crippen LogP contribution is 2.31. The van der Waals surface area contributed by atoms with E-state index in [4.69, 9.17) is 4.74 Å². The van der Waals surface area contributed by atoms with Gasteiger partial charge in [0, 0.05) is 30.6 Å². The highest BCUT2D eigenvalue weighted by atomic mass is 32.2. The van der Waals surface area contributed by atoms with Crippen molar-refractivity contribution < 1.29 is 13.2 Å². The van der Waals surface area contributed by atoms with Crippen molar-refractivity contribution in [3.05, 3.63) is 40.8 Å². The summed E-state index contributed by atoms with van der Waals surface area (Å²) in [5.74, 6) is 0.847. The molecule has 0 amide bonds. The normalized spacial score (nSPS) is 20.0. The van der Waals surface area contributed by atoms with Gasteiger partial charge in [-0.15, -0.1) is 11.3 Å². The Labute approximate surface area is 134 Å². The highest BCUT2D eigenvalue weighted by Gasteiger charge is 2.31. The second-order valence-corrected chi connectivity index (χ2v) is 8.11. The minimum absolute atomic E-state index is 0.196. The van der Waals surface area contributed by atoms with Gasteiger partial charge in [-0.3, -0.25) is 0 Å². The average molecular weight is 338 g/mol. The molecule has 1 aromatic heterocycles. The molecule has 0 spiro atoms. The van der Waals surface area contributed by atoms with Crippen LogP contribution in [-0.4, -0.2) is 37.9 Å². The lowest BCUT2D eigenvalue weighted by Crippen LogP contribution is -2.39. The van der Waals surface area contributed by atoms with E-state index in [-0.39, 0.29) is 5.92 Å². The predicted octanol–water partition coefficient (Wildman–Crippen LogP) is 2.72. The van der Waals surface area contributed by atoms with Crippen molar-refractivity contribution in [1.29, 1.82) is 0 Å². The van der Waals surface area contributed by atoms with E-state index in [1.165, 1.54) is 0 Å². The zero-order valence-corrected chi connectivity index (χ0v) is 13.9. The Bertz CT molecular complexity index is 712. The van der Waals surface area contributed by atoms with Crippen LogP contribution in [0.1, 0.15) is 23.8 Å². The van der Waals surface area contributed by atoms with Crippen molar-refractivity contribution in [2.24, 2.45) is 0 Å². The molecule has 2 heterocycles. The Morgan fingerprint density at radius 1 is 1.32 bits per heavy atom. The summed E-state index contributed by atoms with van der Waals surface area (Å²) in [6.45, 7) is 1.07. The lowest BCUT2D eigenvalue weighted by atomic mass is 10.0. The van der Waals surface area contributed by atoms with Gasteiger partial charge in [0.05, 0.1) is 17.0 Å². The molecule has 118 valence electrons. The molecule has 1 atom stereocenters. The molecule has 1 saturated heterocycles. The van der Waals surface area contributed by atoms with E-state index >= 15 is 0 Å². The summed E-state index contributed by atoms with van der Waals surface area (Å²) in [4.78, 5) is 4.65. The van der Waals surface area contributed by atoms with Crippen LogP contribution in [0.4, 0.5) is 0 Å². The van der Waals surface area contributed by atoms with Gasteiger partial charge in [0.2, 0.25) is 10.0 Å². The standard InChI is InChI=1S/C15H18N2O3S2/c1-20-13-4-6-14(7-5-13)22(18,19)17-9-2-3-12(11-17)15-16-8-10-21-15/h4-8,10,12H,2-3,9,11H2,1H3/t12-/m1/s1. The lowest BCUT2D eigenvalue weighted by Gasteiger charge is -2.31. The van der Waals surface area contributed by atoms with E-state index < -0.39 is 10.0 Å². The summed E-state index contributed by atoms with van der Waals surface area (Å²) in [6, 6.07) is 6.55. The molecule has 0 bridgehead atoms. The maximum Gasteiger partial charge on any atom is 0.243 e. The zero-order chi connectivity index (χ0) is 15.6. The van der Waals surface area contributed by atoms with Gasteiger partial charge in [-0.05, 0) is 37.1 Å². The van der Waals surface area contributed by atoms with E-state index in [9.17, 15) is 8.42 Å². The van der Waals surface area contributed by atoms with Gasteiger partial charge >= 0.3 is 0 Å². The number of nitrogens with zero attached hydrogens (tertiary/aromatic N) is 2. The topological polar surface area (TPSA) is 59.5 Å². The quantitative estimate of drug-likeness (QED) is 0.860. The van der Waals surface area contributed by atoms with Crippen molar-refractivity contribution in [2.45, 2.75) is 23.7 Å². The van der Waals surface area contributed by atoms with Gasteiger partial charge in [0.15, 0.2) is 0 Å². The molecule has 7 heteroatoms. The third-order valence-electron chi connectivity index (χ3n) is 3.88. The van der Waals surface area contributed by atoms with Crippen LogP contribution in [-0.2, 0) is 10.0 Å². The maximum absolute atomic E-state index is 12.8. The second kappa shape index (κ2) is 6.36. The van der Waals surface area contributed by atoms with Crippen LogP contribution in [0.5, 0.6) is 5.75 Å². The lowest BCUT2D eigenvalue weighted by molar-refractivity contribution is 0.315. The SMILES string of the molecule is COc1ccc(S(=O)(=O)N2CCC[C@@H](c3nccs3)C2)cc1. The number of methoxy groups -OCH3 is 1. The molecule has 0 aliphatic carbocycles. The van der Waals surface area contributed by atoms with Crippen LogP contribution >= 0.6 is 11.3 Å². The number of aromatic nitrogens is 1. The minimum Gasteiger partial charge on any atom is -0.497 e. The Hall–Kier alpha value is -1.44. The smallest absolute Gasteiger partial charge is 0.243 e. The van der Waals surface area contributed by atoms with E-state index in [1.807, 2.05) is 5.38 Å². The number of sulfonamides is 1. The maximum atomic E-state index is 12.8. The van der Waals surface area contributed by atoms with Gasteiger partial charge in [-0.25, -0.2) is 13.4 Å². The monoisotopic (exact) mass is 338 g/mol. The van der Waals surface area contributed by atoms with Crippen molar-refractivity contribution in [3.8, 4) is 5.75 Å². The fourth-order valence-electron chi connectivity index (χ4n) is 2.70. The second-order valence-electron chi connectivity index (χ2n) is 5.25. The molecular formula is C15H18N2O3S2. The zero-order valence-electron chi connectivity index (χ0n) is 12.3. The first-order chi connectivity index (χ1) is 10.6. The third-order valence-corrected chi connectivity index (χ3v) is 6.70. The summed E-state index contributed by atoms with van der Waals surface area (Å²) in [5, 5.41) is 2.96. The minimum atomic E-state index is -3.46. The predicted molar refractivity (Wildman–Crippen MR) is 85.8 cm³/mol. The van der Waals surface area contributed by atoms with Crippen LogP contribution in [0.15, 0.2) is 40.7 Å². The molecule has 1 fully saturated rings. The Morgan fingerprint density at radius 3 is 2.73 bits per heavy atom. The van der Waals surface area contributed by atoms with E-state index in [2.05, 4.69) is 4.98 Å². The molecule has 1 aliphatic rings. The number of thiazole rings is 1. The molecule has 2 aromatic rings. The number of hydrogen-bond acceptors (Lipinski definition) is 5. The number of ether oxygens (including phenoxy) is 1. The summed E-state index contributed by atoms with van der Waals surface area (Å²) >= 11 is 1.59. The van der Waals surface area contributed by atoms with Crippen molar-refractivity contribution in [1.82, 2.24) is 9.29 Å². The van der Waals surface area contributed by atoms with Gasteiger partial charge in [0.25, 0.3) is 0 Å². The first-order valence-electron chi connectivity index (χ1n) is 7.15.